The molecule has 0 aliphatic carbocycles. The van der Waals surface area contributed by atoms with Gasteiger partial charge in [-0.1, -0.05) is 6.92 Å². The number of hydrogen-bond donors (Lipinski definition) is 0. The van der Waals surface area contributed by atoms with Crippen molar-refractivity contribution in [3.05, 3.63) is 0 Å². The van der Waals surface area contributed by atoms with E-state index >= 15 is 0 Å². The Labute approximate surface area is 75.4 Å². The van der Waals surface area contributed by atoms with Crippen molar-refractivity contribution in [1.29, 1.82) is 0 Å². The summed E-state index contributed by atoms with van der Waals surface area (Å²) in [5.74, 6) is 2.57. The van der Waals surface area contributed by atoms with E-state index in [4.69, 9.17) is 19.7 Å². The molecule has 0 fully saturated rings. The highest BCUT2D eigenvalue weighted by molar-refractivity contribution is 6.62. The molecule has 0 amide bonds. The zero-order chi connectivity index (χ0) is 9.61. The molecule has 0 aromatic carbocycles. The van der Waals surface area contributed by atoms with Crippen LogP contribution in [-0.4, -0.2) is 30.1 Å². The van der Waals surface area contributed by atoms with Crippen LogP contribution in [0.1, 0.15) is 13.3 Å². The van der Waals surface area contributed by atoms with Gasteiger partial charge < -0.3 is 13.3 Å². The van der Waals surface area contributed by atoms with E-state index in [0.717, 1.165) is 0 Å². The second-order valence-corrected chi connectivity index (χ2v) is 5.94. The van der Waals surface area contributed by atoms with Gasteiger partial charge in [0.1, 0.15) is 0 Å². The Balaban J connectivity index is 4.37. The molecule has 0 aromatic rings. The average Bonchev–Trinajstić information content (AvgIpc) is 2.09. The smallest absolute Gasteiger partial charge is 0.377 e. The van der Waals surface area contributed by atoms with Crippen LogP contribution >= 0.6 is 0 Å². The van der Waals surface area contributed by atoms with E-state index in [1.165, 1.54) is 0 Å². The standard InChI is InChI=1S/C8H16O3Si/c1-6-7-8(2)12(9-3,10-4)11-5/h1,8H,7H2,2-5H3. The first-order valence-electron chi connectivity index (χ1n) is 3.75. The van der Waals surface area contributed by atoms with Gasteiger partial charge in [0, 0.05) is 33.3 Å². The SMILES string of the molecule is C#CCC(C)[Si](OC)(OC)OC. The van der Waals surface area contributed by atoms with Crippen LogP contribution < -0.4 is 0 Å². The summed E-state index contributed by atoms with van der Waals surface area (Å²) in [7, 11) is 2.28. The minimum Gasteiger partial charge on any atom is -0.377 e. The van der Waals surface area contributed by atoms with E-state index in [0.29, 0.717) is 6.42 Å². The molecule has 0 radical (unpaired) electrons. The molecule has 1 unspecified atom stereocenters. The Morgan fingerprint density at radius 1 is 1.25 bits per heavy atom. The fourth-order valence-corrected chi connectivity index (χ4v) is 3.23. The van der Waals surface area contributed by atoms with Gasteiger partial charge in [-0.15, -0.1) is 12.3 Å². The molecular weight excluding hydrogens is 172 g/mol. The summed E-state index contributed by atoms with van der Waals surface area (Å²) in [6.45, 7) is 1.97. The van der Waals surface area contributed by atoms with Gasteiger partial charge in [0.25, 0.3) is 0 Å². The second-order valence-electron chi connectivity index (χ2n) is 2.53. The van der Waals surface area contributed by atoms with Gasteiger partial charge in [-0.05, 0) is 0 Å². The third kappa shape index (κ3) is 2.32. The quantitative estimate of drug-likeness (QED) is 0.480. The molecule has 12 heavy (non-hydrogen) atoms. The summed E-state index contributed by atoms with van der Waals surface area (Å²) in [5.41, 5.74) is 0.141. The van der Waals surface area contributed by atoms with Gasteiger partial charge in [0.15, 0.2) is 0 Å². The van der Waals surface area contributed by atoms with Crippen molar-refractivity contribution >= 4 is 8.80 Å². The first-order chi connectivity index (χ1) is 5.66. The molecule has 0 aliphatic heterocycles. The van der Waals surface area contributed by atoms with Crippen LogP contribution in [0.3, 0.4) is 0 Å². The largest absolute Gasteiger partial charge is 0.504 e. The average molecular weight is 188 g/mol. The Morgan fingerprint density at radius 3 is 1.92 bits per heavy atom. The van der Waals surface area contributed by atoms with Crippen molar-refractivity contribution < 1.29 is 13.3 Å². The molecule has 0 rings (SSSR count). The van der Waals surface area contributed by atoms with Crippen molar-refractivity contribution in [2.75, 3.05) is 21.3 Å². The lowest BCUT2D eigenvalue weighted by Gasteiger charge is -2.28. The molecule has 3 nitrogen and oxygen atoms in total. The molecule has 0 N–H and O–H groups in total. The zero-order valence-corrected chi connectivity index (χ0v) is 9.09. The van der Waals surface area contributed by atoms with E-state index in [9.17, 15) is 0 Å². The summed E-state index contributed by atoms with van der Waals surface area (Å²) in [6, 6.07) is 0. The molecule has 0 bridgehead atoms. The summed E-state index contributed by atoms with van der Waals surface area (Å²) < 4.78 is 15.7. The Kier molecular flexibility index (Phi) is 5.18. The maximum atomic E-state index is 5.25. The molecule has 0 saturated heterocycles. The fraction of sp³-hybridized carbons (Fsp3) is 0.750. The van der Waals surface area contributed by atoms with E-state index in [2.05, 4.69) is 5.92 Å². The minimum atomic E-state index is -2.48. The highest BCUT2D eigenvalue weighted by atomic mass is 28.4. The van der Waals surface area contributed by atoms with Gasteiger partial charge in [-0.25, -0.2) is 0 Å². The first kappa shape index (κ1) is 11.7. The Morgan fingerprint density at radius 2 is 1.67 bits per heavy atom. The van der Waals surface area contributed by atoms with E-state index in [-0.39, 0.29) is 5.54 Å². The van der Waals surface area contributed by atoms with Crippen molar-refractivity contribution in [1.82, 2.24) is 0 Å². The van der Waals surface area contributed by atoms with Crippen LogP contribution in [0.25, 0.3) is 0 Å². The van der Waals surface area contributed by atoms with Gasteiger partial charge in [-0.2, -0.15) is 0 Å². The molecular formula is C8H16O3Si. The summed E-state index contributed by atoms with van der Waals surface area (Å²) in [5, 5.41) is 0. The van der Waals surface area contributed by atoms with Crippen molar-refractivity contribution in [3.63, 3.8) is 0 Å². The van der Waals surface area contributed by atoms with Crippen LogP contribution in [0.5, 0.6) is 0 Å². The second kappa shape index (κ2) is 5.33. The van der Waals surface area contributed by atoms with Gasteiger partial charge in [0.2, 0.25) is 0 Å². The van der Waals surface area contributed by atoms with Crippen LogP contribution in [0, 0.1) is 12.3 Å². The van der Waals surface area contributed by atoms with Crippen LogP contribution in [0.4, 0.5) is 0 Å². The number of rotatable bonds is 5. The Bertz CT molecular complexity index is 152. The maximum Gasteiger partial charge on any atom is 0.504 e. The third-order valence-corrected chi connectivity index (χ3v) is 5.00. The predicted molar refractivity (Wildman–Crippen MR) is 49.7 cm³/mol. The third-order valence-electron chi connectivity index (χ3n) is 1.88. The molecule has 70 valence electrons. The molecule has 1 atom stereocenters. The van der Waals surface area contributed by atoms with Crippen molar-refractivity contribution in [3.8, 4) is 12.3 Å². The van der Waals surface area contributed by atoms with E-state index in [1.54, 1.807) is 21.3 Å². The van der Waals surface area contributed by atoms with Gasteiger partial charge in [-0.3, -0.25) is 0 Å². The molecule has 0 aliphatic rings. The van der Waals surface area contributed by atoms with Crippen molar-refractivity contribution in [2.24, 2.45) is 0 Å². The summed E-state index contributed by atoms with van der Waals surface area (Å²) in [4.78, 5) is 0. The lowest BCUT2D eigenvalue weighted by molar-refractivity contribution is 0.113. The lowest BCUT2D eigenvalue weighted by Crippen LogP contribution is -2.46. The van der Waals surface area contributed by atoms with Crippen LogP contribution in [-0.2, 0) is 13.3 Å². The van der Waals surface area contributed by atoms with E-state index < -0.39 is 8.80 Å². The minimum absolute atomic E-state index is 0.141. The lowest BCUT2D eigenvalue weighted by atomic mass is 10.3. The number of hydrogen-bond acceptors (Lipinski definition) is 3. The molecule has 0 aromatic heterocycles. The number of terminal acetylenes is 1. The zero-order valence-electron chi connectivity index (χ0n) is 8.09. The normalized spacial score (nSPS) is 13.9. The van der Waals surface area contributed by atoms with Crippen molar-refractivity contribution in [2.45, 2.75) is 18.9 Å². The van der Waals surface area contributed by atoms with Crippen LogP contribution in [0.2, 0.25) is 5.54 Å². The van der Waals surface area contributed by atoms with Gasteiger partial charge in [0.05, 0.1) is 0 Å². The highest BCUT2D eigenvalue weighted by Gasteiger charge is 2.43. The fourth-order valence-electron chi connectivity index (χ4n) is 1.16. The first-order valence-corrected chi connectivity index (χ1v) is 5.56. The van der Waals surface area contributed by atoms with E-state index in [1.807, 2.05) is 6.92 Å². The predicted octanol–water partition coefficient (Wildman–Crippen LogP) is 1.28. The topological polar surface area (TPSA) is 27.7 Å². The maximum absolute atomic E-state index is 5.25. The van der Waals surface area contributed by atoms with Crippen LogP contribution in [0.15, 0.2) is 0 Å². The Hall–Kier alpha value is -0.343. The summed E-state index contributed by atoms with van der Waals surface area (Å²) in [6.07, 6.45) is 5.81. The molecule has 0 spiro atoms. The molecule has 4 heteroatoms. The summed E-state index contributed by atoms with van der Waals surface area (Å²) >= 11 is 0. The molecule has 0 saturated carbocycles. The monoisotopic (exact) mass is 188 g/mol. The molecule has 0 heterocycles. The highest BCUT2D eigenvalue weighted by Crippen LogP contribution is 2.25. The van der Waals surface area contributed by atoms with Gasteiger partial charge >= 0.3 is 8.80 Å².